The van der Waals surface area contributed by atoms with Gasteiger partial charge in [0, 0.05) is 12.2 Å². The van der Waals surface area contributed by atoms with E-state index in [-0.39, 0.29) is 11.9 Å². The van der Waals surface area contributed by atoms with Crippen molar-refractivity contribution < 1.29 is 9.13 Å². The van der Waals surface area contributed by atoms with E-state index in [1.54, 1.807) is 12.1 Å². The number of hydrogen-bond acceptors (Lipinski definition) is 4. The first-order chi connectivity index (χ1) is 13.7. The normalized spacial score (nSPS) is 21.5. The van der Waals surface area contributed by atoms with E-state index in [4.69, 9.17) is 22.1 Å². The molecule has 0 spiro atoms. The Kier molecular flexibility index (Phi) is 6.54. The van der Waals surface area contributed by atoms with E-state index in [2.05, 4.69) is 9.47 Å². The Bertz CT molecular complexity index is 818. The summed E-state index contributed by atoms with van der Waals surface area (Å²) in [6.07, 6.45) is 8.71. The molecule has 2 aromatic rings. The van der Waals surface area contributed by atoms with Gasteiger partial charge in [0.2, 0.25) is 0 Å². The van der Waals surface area contributed by atoms with Crippen LogP contribution in [0.2, 0.25) is 0 Å². The largest absolute Gasteiger partial charge is 0.376 e. The smallest absolute Gasteiger partial charge is 0.199 e. The molecule has 1 atom stereocenters. The Hall–Kier alpha value is -1.57. The summed E-state index contributed by atoms with van der Waals surface area (Å²) in [5.74, 6) is 0.556. The zero-order valence-corrected chi connectivity index (χ0v) is 17.2. The number of ether oxygens (including phenoxy) is 1. The number of halogens is 1. The molecule has 3 heterocycles. The lowest BCUT2D eigenvalue weighted by Crippen LogP contribution is -2.30. The highest BCUT2D eigenvalue weighted by Crippen LogP contribution is 2.23. The number of rotatable bonds is 5. The molecule has 2 saturated heterocycles. The van der Waals surface area contributed by atoms with Crippen molar-refractivity contribution in [2.75, 3.05) is 19.7 Å². The van der Waals surface area contributed by atoms with Gasteiger partial charge in [0.15, 0.2) is 10.6 Å². The van der Waals surface area contributed by atoms with Gasteiger partial charge >= 0.3 is 0 Å². The second-order valence-electron chi connectivity index (χ2n) is 7.89. The van der Waals surface area contributed by atoms with Gasteiger partial charge < -0.3 is 4.74 Å². The van der Waals surface area contributed by atoms with E-state index in [9.17, 15) is 4.39 Å². The molecule has 7 heteroatoms. The zero-order chi connectivity index (χ0) is 19.3. The van der Waals surface area contributed by atoms with Crippen molar-refractivity contribution in [2.45, 2.75) is 64.3 Å². The molecule has 0 saturated carbocycles. The summed E-state index contributed by atoms with van der Waals surface area (Å²) in [4.78, 5) is 2.45. The highest BCUT2D eigenvalue weighted by molar-refractivity contribution is 7.71. The molecule has 152 valence electrons. The van der Waals surface area contributed by atoms with Crippen LogP contribution in [0.25, 0.3) is 11.4 Å². The van der Waals surface area contributed by atoms with E-state index in [0.717, 1.165) is 48.7 Å². The third kappa shape index (κ3) is 4.70. The van der Waals surface area contributed by atoms with Crippen molar-refractivity contribution >= 4 is 12.2 Å². The van der Waals surface area contributed by atoms with E-state index < -0.39 is 0 Å². The van der Waals surface area contributed by atoms with Crippen LogP contribution < -0.4 is 0 Å². The molecule has 0 aliphatic carbocycles. The third-order valence-electron chi connectivity index (χ3n) is 5.72. The molecule has 5 nitrogen and oxygen atoms in total. The van der Waals surface area contributed by atoms with Crippen molar-refractivity contribution in [3.8, 4) is 11.4 Å². The Balaban J connectivity index is 1.62. The summed E-state index contributed by atoms with van der Waals surface area (Å²) >= 11 is 5.81. The highest BCUT2D eigenvalue weighted by Gasteiger charge is 2.21. The van der Waals surface area contributed by atoms with Crippen molar-refractivity contribution in [2.24, 2.45) is 0 Å². The monoisotopic (exact) mass is 404 g/mol. The number of aromatic nitrogens is 3. The van der Waals surface area contributed by atoms with Gasteiger partial charge in [0.05, 0.1) is 19.3 Å². The standard InChI is InChI=1S/C21H29FN4OS/c22-18-10-8-17(9-11-18)20-23-26(16-24-12-4-2-1-3-5-13-24)21(28)25(20)15-19-7-6-14-27-19/h8-11,19H,1-7,12-16H2/t19-/m1/s1. The van der Waals surface area contributed by atoms with Crippen LogP contribution in [0, 0.1) is 10.6 Å². The van der Waals surface area contributed by atoms with Gasteiger partial charge in [-0.15, -0.1) is 0 Å². The molecule has 0 radical (unpaired) electrons. The van der Waals surface area contributed by atoms with Gasteiger partial charge in [-0.05, 0) is 75.3 Å². The molecule has 2 aliphatic rings. The number of likely N-dealkylation sites (tertiary alicyclic amines) is 1. The van der Waals surface area contributed by atoms with Gasteiger partial charge in [-0.1, -0.05) is 19.3 Å². The maximum Gasteiger partial charge on any atom is 0.199 e. The maximum atomic E-state index is 13.4. The molecular formula is C21H29FN4OS. The average molecular weight is 405 g/mol. The first kappa shape index (κ1) is 19.7. The second-order valence-corrected chi connectivity index (χ2v) is 8.25. The fourth-order valence-electron chi connectivity index (χ4n) is 4.15. The van der Waals surface area contributed by atoms with Crippen LogP contribution >= 0.6 is 12.2 Å². The van der Waals surface area contributed by atoms with Crippen LogP contribution in [0.3, 0.4) is 0 Å². The maximum absolute atomic E-state index is 13.4. The van der Waals surface area contributed by atoms with Crippen molar-refractivity contribution in [1.82, 2.24) is 19.2 Å². The first-order valence-electron chi connectivity index (χ1n) is 10.5. The van der Waals surface area contributed by atoms with Gasteiger partial charge in [-0.3, -0.25) is 9.47 Å². The molecular weight excluding hydrogens is 375 g/mol. The van der Waals surface area contributed by atoms with Gasteiger partial charge in [0.1, 0.15) is 5.82 Å². The molecule has 1 aromatic carbocycles. The Labute approximate surface area is 171 Å². The van der Waals surface area contributed by atoms with E-state index in [1.165, 1.54) is 44.2 Å². The summed E-state index contributed by atoms with van der Waals surface area (Å²) in [6.45, 7) is 4.40. The predicted octanol–water partition coefficient (Wildman–Crippen LogP) is 4.62. The Morgan fingerprint density at radius 1 is 1.04 bits per heavy atom. The Morgan fingerprint density at radius 2 is 1.75 bits per heavy atom. The number of benzene rings is 1. The SMILES string of the molecule is Fc1ccc(-c2nn(CN3CCCCCCC3)c(=S)n2C[C@H]2CCCO2)cc1. The van der Waals surface area contributed by atoms with Crippen molar-refractivity contribution in [1.29, 1.82) is 0 Å². The fourth-order valence-corrected chi connectivity index (χ4v) is 4.41. The van der Waals surface area contributed by atoms with Gasteiger partial charge in [-0.2, -0.15) is 5.10 Å². The minimum atomic E-state index is -0.243. The molecule has 0 N–H and O–H groups in total. The Morgan fingerprint density at radius 3 is 2.43 bits per heavy atom. The quantitative estimate of drug-likeness (QED) is 0.681. The molecule has 28 heavy (non-hydrogen) atoms. The van der Waals surface area contributed by atoms with Crippen LogP contribution in [0.1, 0.15) is 44.9 Å². The lowest BCUT2D eigenvalue weighted by Gasteiger charge is -2.24. The van der Waals surface area contributed by atoms with Crippen molar-refractivity contribution in [3.05, 3.63) is 34.9 Å². The average Bonchev–Trinajstić information content (AvgIpc) is 3.28. The summed E-state index contributed by atoms with van der Waals surface area (Å²) < 4.78 is 24.0. The second kappa shape index (κ2) is 9.29. The predicted molar refractivity (Wildman–Crippen MR) is 110 cm³/mol. The molecule has 1 aromatic heterocycles. The summed E-state index contributed by atoms with van der Waals surface area (Å²) in [6, 6.07) is 6.51. The van der Waals surface area contributed by atoms with Gasteiger partial charge in [0.25, 0.3) is 0 Å². The minimum absolute atomic E-state index is 0.172. The van der Waals surface area contributed by atoms with Gasteiger partial charge in [-0.25, -0.2) is 9.07 Å². The zero-order valence-electron chi connectivity index (χ0n) is 16.4. The third-order valence-corrected chi connectivity index (χ3v) is 6.15. The molecule has 2 fully saturated rings. The van der Waals surface area contributed by atoms with E-state index in [0.29, 0.717) is 13.2 Å². The fraction of sp³-hybridized carbons (Fsp3) is 0.619. The summed E-state index contributed by atoms with van der Waals surface area (Å²) in [5.41, 5.74) is 0.886. The summed E-state index contributed by atoms with van der Waals surface area (Å²) in [5, 5.41) is 4.86. The first-order valence-corrected chi connectivity index (χ1v) is 10.9. The van der Waals surface area contributed by atoms with Crippen LogP contribution in [0.15, 0.2) is 24.3 Å². The molecule has 2 aliphatic heterocycles. The number of hydrogen-bond donors (Lipinski definition) is 0. The molecule has 0 unspecified atom stereocenters. The van der Waals surface area contributed by atoms with Crippen molar-refractivity contribution in [3.63, 3.8) is 0 Å². The number of nitrogens with zero attached hydrogens (tertiary/aromatic N) is 4. The van der Waals surface area contributed by atoms with E-state index >= 15 is 0 Å². The molecule has 0 amide bonds. The van der Waals surface area contributed by atoms with Crippen LogP contribution in [0.4, 0.5) is 4.39 Å². The topological polar surface area (TPSA) is 35.2 Å². The summed E-state index contributed by atoms with van der Waals surface area (Å²) in [7, 11) is 0. The molecule has 4 rings (SSSR count). The van der Waals surface area contributed by atoms with Crippen LogP contribution in [-0.2, 0) is 18.0 Å². The minimum Gasteiger partial charge on any atom is -0.376 e. The van der Waals surface area contributed by atoms with E-state index in [1.807, 2.05) is 4.68 Å². The van der Waals surface area contributed by atoms with Crippen LogP contribution in [-0.4, -0.2) is 45.0 Å². The lowest BCUT2D eigenvalue weighted by atomic mass is 10.1. The van der Waals surface area contributed by atoms with Crippen LogP contribution in [0.5, 0.6) is 0 Å². The lowest BCUT2D eigenvalue weighted by molar-refractivity contribution is 0.0966. The highest BCUT2D eigenvalue weighted by atomic mass is 32.1. The molecule has 0 bridgehead atoms.